The third-order valence-corrected chi connectivity index (χ3v) is 4.85. The van der Waals surface area contributed by atoms with Gasteiger partial charge in [0.1, 0.15) is 0 Å². The van der Waals surface area contributed by atoms with Crippen LogP contribution < -0.4 is 5.73 Å². The molecule has 3 heteroatoms. The summed E-state index contributed by atoms with van der Waals surface area (Å²) in [5.74, 6) is 0. The second kappa shape index (κ2) is 5.61. The van der Waals surface area contributed by atoms with E-state index in [0.29, 0.717) is 0 Å². The van der Waals surface area contributed by atoms with Crippen molar-refractivity contribution in [3.8, 4) is 0 Å². The Morgan fingerprint density at radius 3 is 2.32 bits per heavy atom. The summed E-state index contributed by atoms with van der Waals surface area (Å²) < 4.78 is 5.51. The Bertz CT molecular complexity index is 394. The number of ether oxygens (including phenoxy) is 1. The number of benzene rings is 1. The smallest absolute Gasteiger partial charge is 0.0594 e. The molecule has 1 aromatic carbocycles. The molecule has 0 bridgehead atoms. The van der Waals surface area contributed by atoms with Crippen LogP contribution in [0.25, 0.3) is 0 Å². The molecule has 2 fully saturated rings. The summed E-state index contributed by atoms with van der Waals surface area (Å²) in [6.07, 6.45) is 5.06. The van der Waals surface area contributed by atoms with Gasteiger partial charge >= 0.3 is 0 Å². The molecule has 1 saturated heterocycles. The molecule has 1 unspecified atom stereocenters. The summed E-state index contributed by atoms with van der Waals surface area (Å²) in [5.41, 5.74) is 8.12. The molecule has 1 heterocycles. The van der Waals surface area contributed by atoms with E-state index in [1.807, 2.05) is 0 Å². The Hall–Kier alpha value is -0.900. The van der Waals surface area contributed by atoms with Crippen LogP contribution in [-0.4, -0.2) is 36.7 Å². The van der Waals surface area contributed by atoms with Crippen LogP contribution in [0.5, 0.6) is 0 Å². The molecule has 3 rings (SSSR count). The van der Waals surface area contributed by atoms with Crippen LogP contribution in [0.15, 0.2) is 30.3 Å². The van der Waals surface area contributed by atoms with E-state index >= 15 is 0 Å². The van der Waals surface area contributed by atoms with E-state index in [1.54, 1.807) is 0 Å². The highest BCUT2D eigenvalue weighted by atomic mass is 16.5. The molecule has 2 aliphatic rings. The van der Waals surface area contributed by atoms with Crippen LogP contribution in [0.1, 0.15) is 37.3 Å². The largest absolute Gasteiger partial charge is 0.379 e. The van der Waals surface area contributed by atoms with Gasteiger partial charge in [0.15, 0.2) is 0 Å². The van der Waals surface area contributed by atoms with Crippen molar-refractivity contribution >= 4 is 0 Å². The molecule has 19 heavy (non-hydrogen) atoms. The summed E-state index contributed by atoms with van der Waals surface area (Å²) in [7, 11) is 0. The number of hydrogen-bond acceptors (Lipinski definition) is 3. The molecular formula is C16H24N2O. The number of morpholine rings is 1. The van der Waals surface area contributed by atoms with E-state index in [1.165, 1.54) is 31.2 Å². The third-order valence-electron chi connectivity index (χ3n) is 4.85. The van der Waals surface area contributed by atoms with Crippen LogP contribution in [0.2, 0.25) is 0 Å². The van der Waals surface area contributed by atoms with Gasteiger partial charge in [0, 0.05) is 24.7 Å². The maximum atomic E-state index is 6.68. The first kappa shape index (κ1) is 13.1. The highest BCUT2D eigenvalue weighted by molar-refractivity contribution is 5.24. The van der Waals surface area contributed by atoms with E-state index in [0.717, 1.165) is 26.3 Å². The topological polar surface area (TPSA) is 38.5 Å². The number of nitrogens with two attached hydrogens (primary N) is 1. The predicted octanol–water partition coefficient (Wildman–Crippen LogP) is 2.33. The summed E-state index contributed by atoms with van der Waals surface area (Å²) >= 11 is 0. The van der Waals surface area contributed by atoms with Gasteiger partial charge in [0.2, 0.25) is 0 Å². The molecule has 0 aromatic heterocycles. The predicted molar refractivity (Wildman–Crippen MR) is 77.0 cm³/mol. The van der Waals surface area contributed by atoms with E-state index < -0.39 is 0 Å². The van der Waals surface area contributed by atoms with Gasteiger partial charge in [0.25, 0.3) is 0 Å². The number of hydrogen-bond donors (Lipinski definition) is 1. The van der Waals surface area contributed by atoms with Gasteiger partial charge < -0.3 is 10.5 Å². The van der Waals surface area contributed by atoms with Crippen LogP contribution in [0.4, 0.5) is 0 Å². The zero-order valence-electron chi connectivity index (χ0n) is 11.6. The first-order chi connectivity index (χ1) is 9.33. The third kappa shape index (κ3) is 2.42. The van der Waals surface area contributed by atoms with Gasteiger partial charge in [-0.25, -0.2) is 0 Å². The minimum absolute atomic E-state index is 0.120. The van der Waals surface area contributed by atoms with Crippen LogP contribution in [0.3, 0.4) is 0 Å². The monoisotopic (exact) mass is 260 g/mol. The zero-order chi connectivity index (χ0) is 13.1. The van der Waals surface area contributed by atoms with Crippen LogP contribution in [-0.2, 0) is 4.74 Å². The van der Waals surface area contributed by atoms with Crippen LogP contribution >= 0.6 is 0 Å². The van der Waals surface area contributed by atoms with Crippen molar-refractivity contribution in [3.05, 3.63) is 35.9 Å². The fourth-order valence-corrected chi connectivity index (χ4v) is 3.79. The SMILES string of the molecule is NC(c1ccccc1)C1(N2CCOCC2)CCCC1. The highest BCUT2D eigenvalue weighted by Crippen LogP contribution is 2.43. The summed E-state index contributed by atoms with van der Waals surface area (Å²) in [4.78, 5) is 2.60. The Labute approximate surface area is 115 Å². The molecule has 1 aliphatic carbocycles. The lowest BCUT2D eigenvalue weighted by molar-refractivity contribution is -0.0311. The number of rotatable bonds is 3. The van der Waals surface area contributed by atoms with Crippen molar-refractivity contribution in [2.24, 2.45) is 5.73 Å². The van der Waals surface area contributed by atoms with Gasteiger partial charge in [-0.15, -0.1) is 0 Å². The van der Waals surface area contributed by atoms with Gasteiger partial charge in [0.05, 0.1) is 13.2 Å². The molecule has 1 aromatic rings. The Balaban J connectivity index is 1.87. The molecule has 1 aliphatic heterocycles. The molecule has 104 valence electrons. The Kier molecular flexibility index (Phi) is 3.87. The van der Waals surface area contributed by atoms with E-state index in [-0.39, 0.29) is 11.6 Å². The van der Waals surface area contributed by atoms with Crippen molar-refractivity contribution in [2.45, 2.75) is 37.3 Å². The number of nitrogens with zero attached hydrogens (tertiary/aromatic N) is 1. The van der Waals surface area contributed by atoms with Gasteiger partial charge in [-0.1, -0.05) is 43.2 Å². The van der Waals surface area contributed by atoms with Gasteiger partial charge in [-0.05, 0) is 18.4 Å². The normalized spacial score (nSPS) is 25.3. The fourth-order valence-electron chi connectivity index (χ4n) is 3.79. The summed E-state index contributed by atoms with van der Waals surface area (Å²) in [6.45, 7) is 3.76. The quantitative estimate of drug-likeness (QED) is 0.906. The average Bonchev–Trinajstić information content (AvgIpc) is 2.99. The van der Waals surface area contributed by atoms with E-state index in [9.17, 15) is 0 Å². The Morgan fingerprint density at radius 2 is 1.68 bits per heavy atom. The second-order valence-electron chi connectivity index (χ2n) is 5.80. The second-order valence-corrected chi connectivity index (χ2v) is 5.80. The van der Waals surface area contributed by atoms with Crippen molar-refractivity contribution < 1.29 is 4.74 Å². The van der Waals surface area contributed by atoms with Crippen LogP contribution in [0, 0.1) is 0 Å². The van der Waals surface area contributed by atoms with E-state index in [4.69, 9.17) is 10.5 Å². The van der Waals surface area contributed by atoms with Crippen molar-refractivity contribution in [1.29, 1.82) is 0 Å². The van der Waals surface area contributed by atoms with Crippen molar-refractivity contribution in [2.75, 3.05) is 26.3 Å². The summed E-state index contributed by atoms with van der Waals surface area (Å²) in [6, 6.07) is 10.7. The maximum absolute atomic E-state index is 6.68. The lowest BCUT2D eigenvalue weighted by Crippen LogP contribution is -2.57. The van der Waals surface area contributed by atoms with Gasteiger partial charge in [-0.2, -0.15) is 0 Å². The molecule has 0 radical (unpaired) electrons. The Morgan fingerprint density at radius 1 is 1.05 bits per heavy atom. The average molecular weight is 260 g/mol. The summed E-state index contributed by atoms with van der Waals surface area (Å²) in [5, 5.41) is 0. The molecule has 1 atom stereocenters. The first-order valence-electron chi connectivity index (χ1n) is 7.46. The standard InChI is InChI=1S/C16H24N2O/c17-15(14-6-2-1-3-7-14)16(8-4-5-9-16)18-10-12-19-13-11-18/h1-3,6-7,15H,4-5,8-13,17H2. The van der Waals surface area contributed by atoms with E-state index in [2.05, 4.69) is 35.2 Å². The molecule has 0 spiro atoms. The van der Waals surface area contributed by atoms with Gasteiger partial charge in [-0.3, -0.25) is 4.90 Å². The molecule has 3 nitrogen and oxygen atoms in total. The minimum Gasteiger partial charge on any atom is -0.379 e. The molecule has 2 N–H and O–H groups in total. The van der Waals surface area contributed by atoms with Crippen molar-refractivity contribution in [1.82, 2.24) is 4.90 Å². The molecule has 0 amide bonds. The molecular weight excluding hydrogens is 236 g/mol. The zero-order valence-corrected chi connectivity index (χ0v) is 11.6. The minimum atomic E-state index is 0.120. The lowest BCUT2D eigenvalue weighted by atomic mass is 9.82. The van der Waals surface area contributed by atoms with Crippen molar-refractivity contribution in [3.63, 3.8) is 0 Å². The fraction of sp³-hybridized carbons (Fsp3) is 0.625. The highest BCUT2D eigenvalue weighted by Gasteiger charge is 2.45. The molecule has 1 saturated carbocycles. The maximum Gasteiger partial charge on any atom is 0.0594 e. The first-order valence-corrected chi connectivity index (χ1v) is 7.46. The lowest BCUT2D eigenvalue weighted by Gasteiger charge is -2.47.